The van der Waals surface area contributed by atoms with Gasteiger partial charge in [0, 0.05) is 31.9 Å². The first-order valence-electron chi connectivity index (χ1n) is 11.9. The van der Waals surface area contributed by atoms with Gasteiger partial charge in [-0.1, -0.05) is 42.5 Å². The average molecular weight is 492 g/mol. The average Bonchev–Trinajstić information content (AvgIpc) is 2.86. The molecule has 4 rings (SSSR count). The lowest BCUT2D eigenvalue weighted by Crippen LogP contribution is -2.52. The monoisotopic (exact) mass is 491 g/mol. The molecule has 0 bridgehead atoms. The number of anilines is 2. The molecular weight excluding hydrogens is 458 g/mol. The minimum Gasteiger partial charge on any atom is -0.368 e. The van der Waals surface area contributed by atoms with Crippen molar-refractivity contribution in [1.82, 2.24) is 4.90 Å². The first-order chi connectivity index (χ1) is 16.7. The molecule has 3 aromatic rings. The number of piperazine rings is 1. The topological polar surface area (TPSA) is 60.9 Å². The Morgan fingerprint density at radius 1 is 0.829 bits per heavy atom. The quantitative estimate of drug-likeness (QED) is 0.511. The summed E-state index contributed by atoms with van der Waals surface area (Å²) >= 11 is 0. The van der Waals surface area contributed by atoms with Crippen LogP contribution < -0.4 is 9.21 Å². The van der Waals surface area contributed by atoms with E-state index in [1.54, 1.807) is 35.2 Å². The molecule has 7 heteroatoms. The van der Waals surface area contributed by atoms with Gasteiger partial charge in [-0.15, -0.1) is 0 Å². The summed E-state index contributed by atoms with van der Waals surface area (Å²) < 4.78 is 28.6. The van der Waals surface area contributed by atoms with E-state index < -0.39 is 10.0 Å². The molecule has 184 valence electrons. The van der Waals surface area contributed by atoms with Crippen molar-refractivity contribution in [3.05, 3.63) is 89.0 Å². The fraction of sp³-hybridized carbons (Fsp3) is 0.321. The van der Waals surface area contributed by atoms with Crippen LogP contribution in [-0.4, -0.2) is 51.9 Å². The molecule has 0 N–H and O–H groups in total. The molecule has 1 heterocycles. The second-order valence-electron chi connectivity index (χ2n) is 9.20. The van der Waals surface area contributed by atoms with Crippen molar-refractivity contribution in [2.45, 2.75) is 32.6 Å². The molecular formula is C28H33N3O3S. The van der Waals surface area contributed by atoms with Crippen LogP contribution in [0.4, 0.5) is 11.4 Å². The molecule has 1 aliphatic rings. The second kappa shape index (κ2) is 10.1. The van der Waals surface area contributed by atoms with Crippen LogP contribution in [0.3, 0.4) is 0 Å². The summed E-state index contributed by atoms with van der Waals surface area (Å²) in [6, 6.07) is 20.3. The molecule has 0 spiro atoms. The van der Waals surface area contributed by atoms with E-state index in [9.17, 15) is 13.2 Å². The van der Waals surface area contributed by atoms with Gasteiger partial charge in [0.1, 0.15) is 6.54 Å². The van der Waals surface area contributed by atoms with E-state index in [1.165, 1.54) is 21.1 Å². The van der Waals surface area contributed by atoms with Gasteiger partial charge < -0.3 is 9.80 Å². The number of carbonyl (C=O) groups excluding carboxylic acids is 1. The van der Waals surface area contributed by atoms with Crippen LogP contribution in [-0.2, 0) is 14.8 Å². The van der Waals surface area contributed by atoms with E-state index in [-0.39, 0.29) is 17.3 Å². The Kier molecular flexibility index (Phi) is 7.17. The smallest absolute Gasteiger partial charge is 0.264 e. The summed E-state index contributed by atoms with van der Waals surface area (Å²) in [6.07, 6.45) is 0. The molecule has 0 unspecified atom stereocenters. The highest BCUT2D eigenvalue weighted by molar-refractivity contribution is 7.92. The molecule has 1 saturated heterocycles. The highest BCUT2D eigenvalue weighted by Gasteiger charge is 2.31. The van der Waals surface area contributed by atoms with Gasteiger partial charge in [0.2, 0.25) is 5.91 Å². The van der Waals surface area contributed by atoms with Gasteiger partial charge in [-0.25, -0.2) is 8.42 Å². The fourth-order valence-electron chi connectivity index (χ4n) is 4.51. The van der Waals surface area contributed by atoms with Gasteiger partial charge in [-0.3, -0.25) is 9.10 Å². The largest absolute Gasteiger partial charge is 0.368 e. The van der Waals surface area contributed by atoms with Crippen LogP contribution >= 0.6 is 0 Å². The number of amides is 1. The van der Waals surface area contributed by atoms with Crippen LogP contribution in [0.2, 0.25) is 0 Å². The minimum absolute atomic E-state index is 0.174. The van der Waals surface area contributed by atoms with E-state index in [4.69, 9.17) is 0 Å². The Morgan fingerprint density at radius 3 is 2.20 bits per heavy atom. The Morgan fingerprint density at radius 2 is 1.51 bits per heavy atom. The zero-order valence-electron chi connectivity index (χ0n) is 20.9. The van der Waals surface area contributed by atoms with Crippen LogP contribution in [0.15, 0.2) is 71.6 Å². The molecule has 3 aromatic carbocycles. The van der Waals surface area contributed by atoms with Crippen molar-refractivity contribution in [3.8, 4) is 0 Å². The van der Waals surface area contributed by atoms with Gasteiger partial charge in [-0.05, 0) is 74.2 Å². The van der Waals surface area contributed by atoms with Crippen molar-refractivity contribution >= 4 is 27.3 Å². The van der Waals surface area contributed by atoms with Crippen LogP contribution in [0, 0.1) is 27.7 Å². The first kappa shape index (κ1) is 24.8. The lowest BCUT2D eigenvalue weighted by Gasteiger charge is -2.38. The number of rotatable bonds is 6. The van der Waals surface area contributed by atoms with Gasteiger partial charge in [0.25, 0.3) is 10.0 Å². The Hall–Kier alpha value is -3.32. The molecule has 0 aliphatic carbocycles. The predicted octanol–water partition coefficient (Wildman–Crippen LogP) is 4.46. The normalized spacial score (nSPS) is 14.2. The Balaban J connectivity index is 1.57. The number of sulfonamides is 1. The highest BCUT2D eigenvalue weighted by atomic mass is 32.2. The molecule has 6 nitrogen and oxygen atoms in total. The van der Waals surface area contributed by atoms with E-state index in [1.807, 2.05) is 32.0 Å². The molecule has 1 fully saturated rings. The van der Waals surface area contributed by atoms with Crippen molar-refractivity contribution in [3.63, 3.8) is 0 Å². The van der Waals surface area contributed by atoms with Gasteiger partial charge >= 0.3 is 0 Å². The zero-order chi connectivity index (χ0) is 25.2. The maximum atomic E-state index is 13.7. The molecule has 1 aliphatic heterocycles. The number of benzene rings is 3. The van der Waals surface area contributed by atoms with Crippen LogP contribution in [0.1, 0.15) is 22.3 Å². The zero-order valence-corrected chi connectivity index (χ0v) is 21.7. The third kappa shape index (κ3) is 5.20. The van der Waals surface area contributed by atoms with E-state index in [2.05, 4.69) is 36.9 Å². The Labute approximate surface area is 208 Å². The molecule has 0 saturated carbocycles. The fourth-order valence-corrected chi connectivity index (χ4v) is 6.00. The molecule has 0 aromatic heterocycles. The maximum Gasteiger partial charge on any atom is 0.264 e. The summed E-state index contributed by atoms with van der Waals surface area (Å²) in [6.45, 7) is 10.3. The lowest BCUT2D eigenvalue weighted by molar-refractivity contribution is -0.129. The van der Waals surface area contributed by atoms with Crippen LogP contribution in [0.5, 0.6) is 0 Å². The van der Waals surface area contributed by atoms with Gasteiger partial charge in [0.15, 0.2) is 0 Å². The third-order valence-electron chi connectivity index (χ3n) is 6.79. The number of aryl methyl sites for hydroxylation is 3. The van der Waals surface area contributed by atoms with E-state index in [0.29, 0.717) is 31.9 Å². The van der Waals surface area contributed by atoms with Crippen molar-refractivity contribution in [2.24, 2.45) is 0 Å². The summed E-state index contributed by atoms with van der Waals surface area (Å²) in [7, 11) is -3.92. The second-order valence-corrected chi connectivity index (χ2v) is 11.1. The molecule has 0 atom stereocenters. The maximum absolute atomic E-state index is 13.7. The summed E-state index contributed by atoms with van der Waals surface area (Å²) in [5, 5.41) is 0. The number of nitrogens with zero attached hydrogens (tertiary/aromatic N) is 3. The van der Waals surface area contributed by atoms with Crippen molar-refractivity contribution in [1.29, 1.82) is 0 Å². The number of hydrogen-bond donors (Lipinski definition) is 0. The van der Waals surface area contributed by atoms with E-state index >= 15 is 0 Å². The van der Waals surface area contributed by atoms with Crippen LogP contribution in [0.25, 0.3) is 0 Å². The Bertz CT molecular complexity index is 1310. The van der Waals surface area contributed by atoms with Gasteiger partial charge in [0.05, 0.1) is 10.6 Å². The summed E-state index contributed by atoms with van der Waals surface area (Å²) in [5.74, 6) is -0.189. The standard InChI is InChI=1S/C28H33N3O3S/c1-21-13-14-23(3)27(19-21)31(35(33,34)25-10-6-5-7-11-25)20-28(32)30-17-15-29(16-18-30)26-12-8-9-22(2)24(26)4/h5-14,19H,15-18,20H2,1-4H3. The molecule has 0 radical (unpaired) electrons. The first-order valence-corrected chi connectivity index (χ1v) is 13.4. The highest BCUT2D eigenvalue weighted by Crippen LogP contribution is 2.29. The number of hydrogen-bond acceptors (Lipinski definition) is 4. The lowest BCUT2D eigenvalue weighted by atomic mass is 10.1. The minimum atomic E-state index is -3.92. The van der Waals surface area contributed by atoms with Crippen molar-refractivity contribution in [2.75, 3.05) is 41.9 Å². The SMILES string of the molecule is Cc1ccc(C)c(N(CC(=O)N2CCN(c3cccc(C)c3C)CC2)S(=O)(=O)c2ccccc2)c1. The summed E-state index contributed by atoms with van der Waals surface area (Å²) in [5.41, 5.74) is 5.98. The molecule has 35 heavy (non-hydrogen) atoms. The predicted molar refractivity (Wildman–Crippen MR) is 142 cm³/mol. The van der Waals surface area contributed by atoms with E-state index in [0.717, 1.165) is 11.1 Å². The number of carbonyl (C=O) groups is 1. The molecule has 1 amide bonds. The van der Waals surface area contributed by atoms with Crippen molar-refractivity contribution < 1.29 is 13.2 Å². The summed E-state index contributed by atoms with van der Waals surface area (Å²) in [4.78, 5) is 17.7. The third-order valence-corrected chi connectivity index (χ3v) is 8.57. The van der Waals surface area contributed by atoms with Gasteiger partial charge in [-0.2, -0.15) is 0 Å².